The van der Waals surface area contributed by atoms with Crippen molar-refractivity contribution in [1.29, 1.82) is 0 Å². The number of hydrogen-bond acceptors (Lipinski definition) is 5. The van der Waals surface area contributed by atoms with Crippen LogP contribution in [0, 0.1) is 5.92 Å². The molecule has 4 nitrogen and oxygen atoms in total. The summed E-state index contributed by atoms with van der Waals surface area (Å²) in [6.07, 6.45) is 0.366. The molecule has 0 N–H and O–H groups in total. The predicted molar refractivity (Wildman–Crippen MR) is 105 cm³/mol. The molecule has 0 bridgehead atoms. The van der Waals surface area contributed by atoms with Gasteiger partial charge in [-0.2, -0.15) is 0 Å². The summed E-state index contributed by atoms with van der Waals surface area (Å²) >= 11 is 1.36. The Morgan fingerprint density at radius 2 is 1.86 bits per heavy atom. The quantitative estimate of drug-likeness (QED) is 0.623. The van der Waals surface area contributed by atoms with E-state index in [1.54, 1.807) is 36.7 Å². The highest BCUT2D eigenvalue weighted by Crippen LogP contribution is 2.34. The maximum Gasteiger partial charge on any atom is 0.178 e. The zero-order chi connectivity index (χ0) is 20.3. The van der Waals surface area contributed by atoms with Crippen molar-refractivity contribution in [3.8, 4) is 0 Å². The van der Waals surface area contributed by atoms with Gasteiger partial charge in [-0.1, -0.05) is 25.1 Å². The van der Waals surface area contributed by atoms with Crippen molar-refractivity contribution in [3.05, 3.63) is 52.5 Å². The number of benzene rings is 1. The highest BCUT2D eigenvalue weighted by molar-refractivity contribution is 7.91. The van der Waals surface area contributed by atoms with Gasteiger partial charge in [0.05, 0.1) is 17.1 Å². The number of thiazole rings is 1. The molecule has 0 aliphatic heterocycles. The maximum absolute atomic E-state index is 13.6. The third-order valence-electron chi connectivity index (χ3n) is 4.85. The highest BCUT2D eigenvalue weighted by atomic mass is 32.2. The van der Waals surface area contributed by atoms with Crippen LogP contribution in [0.15, 0.2) is 46.8 Å². The smallest absolute Gasteiger partial charge is 0.178 e. The number of halogens is 2. The number of nitrogens with zero attached hydrogens (tertiary/aromatic N) is 1. The molecule has 1 unspecified atom stereocenters. The van der Waals surface area contributed by atoms with Crippen molar-refractivity contribution in [1.82, 2.24) is 4.98 Å². The molecule has 8 heteroatoms. The van der Waals surface area contributed by atoms with Gasteiger partial charge in [-0.15, -0.1) is 11.3 Å². The summed E-state index contributed by atoms with van der Waals surface area (Å²) in [5, 5.41) is 2.42. The van der Waals surface area contributed by atoms with E-state index in [0.29, 0.717) is 16.1 Å². The van der Waals surface area contributed by atoms with Crippen LogP contribution in [0.25, 0.3) is 5.57 Å². The molecule has 3 rings (SSSR count). The van der Waals surface area contributed by atoms with E-state index in [0.717, 1.165) is 0 Å². The van der Waals surface area contributed by atoms with Gasteiger partial charge < -0.3 is 0 Å². The van der Waals surface area contributed by atoms with Gasteiger partial charge in [0.2, 0.25) is 0 Å². The van der Waals surface area contributed by atoms with E-state index in [2.05, 4.69) is 4.98 Å². The molecule has 0 amide bonds. The highest BCUT2D eigenvalue weighted by Gasteiger charge is 2.34. The number of rotatable bonds is 7. The number of aromatic nitrogens is 1. The van der Waals surface area contributed by atoms with E-state index in [-0.39, 0.29) is 41.6 Å². The molecule has 0 radical (unpaired) electrons. The summed E-state index contributed by atoms with van der Waals surface area (Å²) in [6, 6.07) is 6.07. The van der Waals surface area contributed by atoms with Gasteiger partial charge in [0.15, 0.2) is 15.6 Å². The van der Waals surface area contributed by atoms with Gasteiger partial charge in [-0.05, 0) is 36.5 Å². The van der Waals surface area contributed by atoms with E-state index in [4.69, 9.17) is 0 Å². The van der Waals surface area contributed by atoms with Gasteiger partial charge in [-0.25, -0.2) is 22.2 Å². The third kappa shape index (κ3) is 4.72. The number of sulfone groups is 1. The monoisotopic (exact) mass is 425 g/mol. The summed E-state index contributed by atoms with van der Waals surface area (Å²) in [5.41, 5.74) is 0.885. The molecule has 1 aliphatic rings. The van der Waals surface area contributed by atoms with E-state index < -0.39 is 22.2 Å². The van der Waals surface area contributed by atoms with E-state index in [9.17, 15) is 22.0 Å². The first-order valence-corrected chi connectivity index (χ1v) is 11.6. The number of ketones is 1. The van der Waals surface area contributed by atoms with Crippen LogP contribution < -0.4 is 0 Å². The Balaban J connectivity index is 1.92. The number of Topliss-reactive ketones (excluding diaryl/α,β-unsaturated/α-hetero) is 1. The van der Waals surface area contributed by atoms with Crippen LogP contribution in [0.1, 0.15) is 30.3 Å². The van der Waals surface area contributed by atoms with Crippen molar-refractivity contribution < 1.29 is 22.0 Å². The molecular formula is C20H21F2NO3S2. The Labute approximate surface area is 167 Å². The van der Waals surface area contributed by atoms with Gasteiger partial charge in [0.25, 0.3) is 0 Å². The van der Waals surface area contributed by atoms with Gasteiger partial charge in [0.1, 0.15) is 17.4 Å². The van der Waals surface area contributed by atoms with Crippen molar-refractivity contribution in [2.75, 3.05) is 5.75 Å². The van der Waals surface area contributed by atoms with Crippen molar-refractivity contribution in [3.63, 3.8) is 0 Å². The van der Waals surface area contributed by atoms with Gasteiger partial charge >= 0.3 is 0 Å². The van der Waals surface area contributed by atoms with E-state index in [1.165, 1.54) is 23.5 Å². The van der Waals surface area contributed by atoms with Crippen LogP contribution in [0.2, 0.25) is 0 Å². The lowest BCUT2D eigenvalue weighted by molar-refractivity contribution is -0.113. The van der Waals surface area contributed by atoms with Crippen LogP contribution in [-0.2, 0) is 21.1 Å². The fraction of sp³-hybridized carbons (Fsp3) is 0.400. The van der Waals surface area contributed by atoms with Crippen LogP contribution in [0.4, 0.5) is 8.78 Å². The second kappa shape index (κ2) is 8.61. The molecule has 1 aromatic carbocycles. The minimum atomic E-state index is -3.35. The van der Waals surface area contributed by atoms with Gasteiger partial charge in [-0.3, -0.25) is 4.79 Å². The summed E-state index contributed by atoms with van der Waals surface area (Å²) in [4.78, 5) is 17.2. The molecule has 150 valence electrons. The topological polar surface area (TPSA) is 64.1 Å². The normalized spacial score (nSPS) is 23.1. The fourth-order valence-corrected chi connectivity index (χ4v) is 4.77. The average Bonchev–Trinajstić information content (AvgIpc) is 3.29. The van der Waals surface area contributed by atoms with Crippen LogP contribution >= 0.6 is 11.3 Å². The Bertz CT molecular complexity index is 944. The number of carbonyl (C=O) groups is 1. The number of alkyl halides is 2. The molecule has 1 aromatic heterocycles. The van der Waals surface area contributed by atoms with Crippen LogP contribution in [0.5, 0.6) is 0 Å². The first kappa shape index (κ1) is 20.8. The molecule has 1 fully saturated rings. The van der Waals surface area contributed by atoms with Crippen molar-refractivity contribution >= 4 is 32.5 Å². The fourth-order valence-electron chi connectivity index (χ4n) is 3.27. The van der Waals surface area contributed by atoms with Crippen LogP contribution in [0.3, 0.4) is 0 Å². The van der Waals surface area contributed by atoms with Gasteiger partial charge in [0, 0.05) is 17.2 Å². The Hall–Kier alpha value is -1.93. The molecule has 1 saturated carbocycles. The molecule has 0 saturated heterocycles. The number of hydrogen-bond donors (Lipinski definition) is 0. The lowest BCUT2D eigenvalue weighted by atomic mass is 9.94. The SMILES string of the molecule is CCS(=O)(=O)c1ccc(/C(=C\C2C[C@@H](F)[C@@H](F)C2)C(=O)Cc2nccs2)cc1. The van der Waals surface area contributed by atoms with Crippen LogP contribution in [-0.4, -0.2) is 37.3 Å². The molecule has 2 aromatic rings. The third-order valence-corrected chi connectivity index (χ3v) is 7.38. The zero-order valence-corrected chi connectivity index (χ0v) is 17.0. The lowest BCUT2D eigenvalue weighted by Gasteiger charge is -2.11. The number of allylic oxidation sites excluding steroid dienone is 2. The first-order chi connectivity index (χ1) is 13.3. The molecular weight excluding hydrogens is 404 g/mol. The summed E-state index contributed by atoms with van der Waals surface area (Å²) < 4.78 is 51.2. The number of carbonyl (C=O) groups excluding carboxylic acids is 1. The second-order valence-corrected chi connectivity index (χ2v) is 10.1. The summed E-state index contributed by atoms with van der Waals surface area (Å²) in [6.45, 7) is 1.56. The second-order valence-electron chi connectivity index (χ2n) is 6.80. The molecule has 1 aliphatic carbocycles. The average molecular weight is 426 g/mol. The maximum atomic E-state index is 13.6. The Morgan fingerprint density at radius 3 is 2.39 bits per heavy atom. The molecule has 1 heterocycles. The summed E-state index contributed by atoms with van der Waals surface area (Å²) in [5.74, 6) is -0.603. The molecule has 0 spiro atoms. The molecule has 3 atom stereocenters. The predicted octanol–water partition coefficient (Wildman–Crippen LogP) is 4.22. The van der Waals surface area contributed by atoms with Crippen molar-refractivity contribution in [2.45, 2.75) is 43.4 Å². The Kier molecular flexibility index (Phi) is 6.40. The first-order valence-electron chi connectivity index (χ1n) is 9.05. The largest absolute Gasteiger partial charge is 0.294 e. The Morgan fingerprint density at radius 1 is 1.21 bits per heavy atom. The van der Waals surface area contributed by atoms with Crippen molar-refractivity contribution in [2.24, 2.45) is 5.92 Å². The lowest BCUT2D eigenvalue weighted by Crippen LogP contribution is -2.09. The minimum Gasteiger partial charge on any atom is -0.294 e. The minimum absolute atomic E-state index is 0.0180. The molecule has 28 heavy (non-hydrogen) atoms. The standard InChI is InChI=1S/C20H21F2NO3S2/c1-2-28(25,26)15-5-3-14(4-6-15)16(9-13-10-17(21)18(22)11-13)19(24)12-20-23-7-8-27-20/h3-9,13,17-18H,2,10-12H2,1H3/b16-9+/t13?,17-,18+. The zero-order valence-electron chi connectivity index (χ0n) is 15.3. The van der Waals surface area contributed by atoms with E-state index in [1.807, 2.05) is 0 Å². The summed E-state index contributed by atoms with van der Waals surface area (Å²) in [7, 11) is -3.35. The van der Waals surface area contributed by atoms with E-state index >= 15 is 0 Å².